The fraction of sp³-hybridized carbons (Fsp3) is 0.208. The number of aliphatic hydroxyl groups is 1. The fourth-order valence-corrected chi connectivity index (χ4v) is 4.43. The van der Waals surface area contributed by atoms with Gasteiger partial charge in [0.1, 0.15) is 0 Å². The van der Waals surface area contributed by atoms with E-state index in [0.29, 0.717) is 13.0 Å². The molecule has 4 nitrogen and oxygen atoms in total. The molecule has 0 aliphatic rings. The Bertz CT molecular complexity index is 1220. The highest BCUT2D eigenvalue weighted by molar-refractivity contribution is 7.07. The van der Waals surface area contributed by atoms with Crippen LogP contribution in [0.25, 0.3) is 22.0 Å². The summed E-state index contributed by atoms with van der Waals surface area (Å²) < 4.78 is 21.5. The van der Waals surface area contributed by atoms with Crippen LogP contribution in [0.4, 0.5) is 10.1 Å². The number of ether oxygens (including phenoxy) is 1. The molecule has 4 rings (SSSR count). The maximum Gasteiger partial charge on any atom is 0.190 e. The van der Waals surface area contributed by atoms with Crippen molar-refractivity contribution in [2.45, 2.75) is 19.4 Å². The van der Waals surface area contributed by atoms with Crippen molar-refractivity contribution in [3.05, 3.63) is 76.7 Å². The van der Waals surface area contributed by atoms with Crippen LogP contribution in [0.3, 0.4) is 0 Å². The van der Waals surface area contributed by atoms with Gasteiger partial charge < -0.3 is 14.4 Å². The maximum absolute atomic E-state index is 14.3. The normalized spacial score (nSPS) is 11.9. The van der Waals surface area contributed by atoms with Crippen LogP contribution in [0.1, 0.15) is 12.8 Å². The summed E-state index contributed by atoms with van der Waals surface area (Å²) in [6, 6.07) is 19.2. The van der Waals surface area contributed by atoms with Gasteiger partial charge in [0.25, 0.3) is 0 Å². The third-order valence-electron chi connectivity index (χ3n) is 5.02. The van der Waals surface area contributed by atoms with E-state index in [2.05, 4.69) is 22.8 Å². The van der Waals surface area contributed by atoms with Gasteiger partial charge in [-0.1, -0.05) is 36.4 Å². The Kier molecular flexibility index (Phi) is 6.26. The number of hydrogen-bond donors (Lipinski definition) is 1. The first-order valence-corrected chi connectivity index (χ1v) is 10.7. The number of benzene rings is 3. The van der Waals surface area contributed by atoms with Gasteiger partial charge in [0.05, 0.1) is 18.5 Å². The minimum atomic E-state index is -0.393. The van der Waals surface area contributed by atoms with E-state index in [0.717, 1.165) is 38.9 Å². The zero-order chi connectivity index (χ0) is 20.9. The molecule has 0 aliphatic heterocycles. The number of hydrogen-bond acceptors (Lipinski definition) is 4. The monoisotopic (exact) mass is 422 g/mol. The second-order valence-corrected chi connectivity index (χ2v) is 7.78. The zero-order valence-electron chi connectivity index (χ0n) is 16.7. The molecule has 0 fully saturated rings. The first-order chi connectivity index (χ1) is 14.7. The van der Waals surface area contributed by atoms with E-state index in [1.54, 1.807) is 6.07 Å². The highest BCUT2D eigenvalue weighted by Gasteiger charge is 2.12. The third kappa shape index (κ3) is 4.15. The van der Waals surface area contributed by atoms with E-state index in [4.69, 9.17) is 9.73 Å². The van der Waals surface area contributed by atoms with Crippen LogP contribution in [-0.4, -0.2) is 23.4 Å². The highest BCUT2D eigenvalue weighted by atomic mass is 32.1. The van der Waals surface area contributed by atoms with Crippen LogP contribution in [0.5, 0.6) is 5.75 Å². The lowest BCUT2D eigenvalue weighted by atomic mass is 10.1. The molecule has 0 amide bonds. The molecule has 0 saturated carbocycles. The van der Waals surface area contributed by atoms with Gasteiger partial charge in [0.2, 0.25) is 0 Å². The van der Waals surface area contributed by atoms with Crippen LogP contribution in [0.2, 0.25) is 0 Å². The molecule has 154 valence electrons. The van der Waals surface area contributed by atoms with Crippen molar-refractivity contribution < 1.29 is 14.2 Å². The number of fused-ring (bicyclic) bond motifs is 1. The maximum atomic E-state index is 14.3. The van der Waals surface area contributed by atoms with Crippen LogP contribution < -0.4 is 9.54 Å². The van der Waals surface area contributed by atoms with Crippen molar-refractivity contribution in [3.8, 4) is 17.0 Å². The molecule has 1 N–H and O–H groups in total. The average molecular weight is 423 g/mol. The van der Waals surface area contributed by atoms with Crippen LogP contribution in [0, 0.1) is 5.82 Å². The molecule has 0 unspecified atom stereocenters. The Morgan fingerprint density at radius 1 is 1.07 bits per heavy atom. The molecular formula is C24H23FN2O2S. The van der Waals surface area contributed by atoms with Gasteiger partial charge in [-0.2, -0.15) is 0 Å². The first kappa shape index (κ1) is 20.3. The minimum Gasteiger partial charge on any atom is -0.494 e. The third-order valence-corrected chi connectivity index (χ3v) is 5.88. The summed E-state index contributed by atoms with van der Waals surface area (Å²) in [6.45, 7) is 0.837. The molecule has 1 aromatic heterocycles. The molecule has 0 aliphatic carbocycles. The molecule has 30 heavy (non-hydrogen) atoms. The van der Waals surface area contributed by atoms with Gasteiger partial charge in [-0.05, 0) is 42.5 Å². The topological polar surface area (TPSA) is 46.8 Å². The number of unbranched alkanes of at least 4 members (excludes halogenated alkanes) is 1. The molecule has 1 heterocycles. The van der Waals surface area contributed by atoms with Gasteiger partial charge in [-0.25, -0.2) is 9.38 Å². The zero-order valence-corrected chi connectivity index (χ0v) is 17.5. The number of aromatic nitrogens is 1. The summed E-state index contributed by atoms with van der Waals surface area (Å²) in [6.07, 6.45) is 1.51. The second kappa shape index (κ2) is 9.24. The minimum absolute atomic E-state index is 0.146. The molecule has 0 atom stereocenters. The summed E-state index contributed by atoms with van der Waals surface area (Å²) in [7, 11) is 1.46. The van der Waals surface area contributed by atoms with Crippen LogP contribution in [-0.2, 0) is 6.54 Å². The summed E-state index contributed by atoms with van der Waals surface area (Å²) in [5, 5.41) is 13.4. The Morgan fingerprint density at radius 2 is 1.90 bits per heavy atom. The summed E-state index contributed by atoms with van der Waals surface area (Å²) >= 11 is 1.53. The number of methoxy groups -OCH3 is 1. The summed E-state index contributed by atoms with van der Waals surface area (Å²) in [4.78, 5) is 5.79. The molecule has 0 saturated heterocycles. The fourth-order valence-electron chi connectivity index (χ4n) is 3.48. The second-order valence-electron chi connectivity index (χ2n) is 6.95. The molecule has 4 aromatic rings. The van der Waals surface area contributed by atoms with Gasteiger partial charge in [-0.15, -0.1) is 11.3 Å². The number of thiazole rings is 1. The van der Waals surface area contributed by atoms with Gasteiger partial charge in [0.15, 0.2) is 16.4 Å². The number of aliphatic hydroxyl groups excluding tert-OH is 1. The van der Waals surface area contributed by atoms with Crippen molar-refractivity contribution in [1.82, 2.24) is 4.57 Å². The predicted octanol–water partition coefficient (Wildman–Crippen LogP) is 5.52. The SMILES string of the molecule is COc1ccc(-c2csc(=Nc3cccc4ccccc34)n2CCCCO)cc1F. The lowest BCUT2D eigenvalue weighted by Crippen LogP contribution is -2.16. The average Bonchev–Trinajstić information content (AvgIpc) is 3.16. The lowest BCUT2D eigenvalue weighted by molar-refractivity contribution is 0.281. The van der Waals surface area contributed by atoms with Gasteiger partial charge in [0, 0.05) is 29.5 Å². The molecule has 0 bridgehead atoms. The molecule has 3 aromatic carbocycles. The molecule has 6 heteroatoms. The summed E-state index contributed by atoms with van der Waals surface area (Å²) in [5.74, 6) is -0.169. The van der Waals surface area contributed by atoms with E-state index in [-0.39, 0.29) is 12.4 Å². The quantitative estimate of drug-likeness (QED) is 0.399. The largest absolute Gasteiger partial charge is 0.494 e. The highest BCUT2D eigenvalue weighted by Crippen LogP contribution is 2.28. The summed E-state index contributed by atoms with van der Waals surface area (Å²) in [5.41, 5.74) is 2.57. The number of nitrogens with zero attached hydrogens (tertiary/aromatic N) is 2. The van der Waals surface area contributed by atoms with E-state index >= 15 is 0 Å². The van der Waals surface area contributed by atoms with Crippen molar-refractivity contribution >= 4 is 27.8 Å². The van der Waals surface area contributed by atoms with Gasteiger partial charge in [-0.3, -0.25) is 0 Å². The van der Waals surface area contributed by atoms with Crippen molar-refractivity contribution in [3.63, 3.8) is 0 Å². The Hall–Kier alpha value is -2.96. The molecule has 0 radical (unpaired) electrons. The number of halogens is 1. The lowest BCUT2D eigenvalue weighted by Gasteiger charge is -2.10. The van der Waals surface area contributed by atoms with Crippen LogP contribution >= 0.6 is 11.3 Å². The Morgan fingerprint density at radius 3 is 2.70 bits per heavy atom. The van der Waals surface area contributed by atoms with E-state index in [1.807, 2.05) is 35.7 Å². The molecule has 0 spiro atoms. The Labute approximate surface area is 178 Å². The smallest absolute Gasteiger partial charge is 0.190 e. The predicted molar refractivity (Wildman–Crippen MR) is 120 cm³/mol. The Balaban J connectivity index is 1.84. The van der Waals surface area contributed by atoms with Crippen molar-refractivity contribution in [2.75, 3.05) is 13.7 Å². The standard InChI is InChI=1S/C24H23FN2O2S/c1-29-23-12-11-18(15-20(23)25)22-16-30-24(27(22)13-4-5-14-28)26-21-10-6-8-17-7-2-3-9-19(17)21/h2-3,6-12,15-16,28H,4-5,13-14H2,1H3. The van der Waals surface area contributed by atoms with Crippen LogP contribution in [0.15, 0.2) is 71.0 Å². The number of rotatable bonds is 7. The van der Waals surface area contributed by atoms with Crippen molar-refractivity contribution in [1.29, 1.82) is 0 Å². The van der Waals surface area contributed by atoms with E-state index in [1.165, 1.54) is 24.5 Å². The molecular weight excluding hydrogens is 399 g/mol. The first-order valence-electron chi connectivity index (χ1n) is 9.87. The van der Waals surface area contributed by atoms with E-state index < -0.39 is 5.82 Å². The van der Waals surface area contributed by atoms with Crippen molar-refractivity contribution in [2.24, 2.45) is 4.99 Å². The van der Waals surface area contributed by atoms with E-state index in [9.17, 15) is 9.50 Å². The van der Waals surface area contributed by atoms with Gasteiger partial charge >= 0.3 is 0 Å².